The molecule has 2 heterocycles. The second-order valence-electron chi connectivity index (χ2n) is 6.34. The number of hydrogen-bond acceptors (Lipinski definition) is 8. The van der Waals surface area contributed by atoms with Gasteiger partial charge in [0, 0.05) is 10.8 Å². The predicted octanol–water partition coefficient (Wildman–Crippen LogP) is 4.21. The van der Waals surface area contributed by atoms with Crippen LogP contribution in [0.25, 0.3) is 21.1 Å². The first-order valence-electron chi connectivity index (χ1n) is 8.72. The lowest BCUT2D eigenvalue weighted by Gasteiger charge is -2.07. The van der Waals surface area contributed by atoms with E-state index in [9.17, 15) is 14.9 Å². The van der Waals surface area contributed by atoms with E-state index in [1.54, 1.807) is 13.2 Å². The molecule has 3 N–H and O–H groups in total. The lowest BCUT2D eigenvalue weighted by molar-refractivity contribution is -0.384. The van der Waals surface area contributed by atoms with Gasteiger partial charge < -0.3 is 20.5 Å². The Hall–Kier alpha value is -3.92. The van der Waals surface area contributed by atoms with E-state index in [-0.39, 0.29) is 21.9 Å². The van der Waals surface area contributed by atoms with Gasteiger partial charge in [-0.1, -0.05) is 0 Å². The van der Waals surface area contributed by atoms with Gasteiger partial charge >= 0.3 is 0 Å². The number of rotatable bonds is 5. The second kappa shape index (κ2) is 7.48. The van der Waals surface area contributed by atoms with E-state index in [0.29, 0.717) is 21.7 Å². The fourth-order valence-corrected chi connectivity index (χ4v) is 4.03. The summed E-state index contributed by atoms with van der Waals surface area (Å²) >= 11 is 1.12. The second-order valence-corrected chi connectivity index (χ2v) is 7.34. The van der Waals surface area contributed by atoms with Crippen molar-refractivity contribution in [3.63, 3.8) is 0 Å². The summed E-state index contributed by atoms with van der Waals surface area (Å²) in [4.78, 5) is 29.0. The minimum absolute atomic E-state index is 0.0468. The molecule has 1 amide bonds. The van der Waals surface area contributed by atoms with Crippen LogP contribution in [0.15, 0.2) is 42.5 Å². The van der Waals surface area contributed by atoms with Gasteiger partial charge in [0.1, 0.15) is 26.9 Å². The molecule has 0 saturated heterocycles. The number of amides is 1. The number of methoxy groups -OCH3 is 2. The van der Waals surface area contributed by atoms with Crippen LogP contribution < -0.4 is 20.5 Å². The van der Waals surface area contributed by atoms with Crippen molar-refractivity contribution in [2.75, 3.05) is 25.3 Å². The number of benzene rings is 2. The molecule has 0 aliphatic carbocycles. The van der Waals surface area contributed by atoms with Crippen LogP contribution in [-0.4, -0.2) is 30.0 Å². The number of nitrogens with one attached hydrogen (secondary N) is 1. The van der Waals surface area contributed by atoms with Crippen LogP contribution in [0.4, 0.5) is 17.1 Å². The van der Waals surface area contributed by atoms with Gasteiger partial charge in [-0.05, 0) is 36.4 Å². The van der Waals surface area contributed by atoms with Crippen LogP contribution >= 0.6 is 11.3 Å². The fourth-order valence-electron chi connectivity index (χ4n) is 3.05. The zero-order valence-electron chi connectivity index (χ0n) is 16.0. The molecule has 0 unspecified atom stereocenters. The minimum atomic E-state index is -0.589. The maximum Gasteiger partial charge on any atom is 0.296 e. The van der Waals surface area contributed by atoms with E-state index in [2.05, 4.69) is 10.3 Å². The Kier molecular flexibility index (Phi) is 4.84. The number of nitrogens with two attached hydrogens (primary N) is 1. The number of aromatic nitrogens is 1. The number of hydrogen-bond donors (Lipinski definition) is 2. The summed E-state index contributed by atoms with van der Waals surface area (Å²) in [6, 6.07) is 11.5. The molecule has 9 nitrogen and oxygen atoms in total. The van der Waals surface area contributed by atoms with E-state index < -0.39 is 10.8 Å². The molecule has 10 heteroatoms. The maximum absolute atomic E-state index is 12.8. The summed E-state index contributed by atoms with van der Waals surface area (Å²) in [5, 5.41) is 15.4. The van der Waals surface area contributed by atoms with Crippen LogP contribution in [0.2, 0.25) is 0 Å². The lowest BCUT2D eigenvalue weighted by Crippen LogP contribution is -2.13. The molecule has 2 aromatic heterocycles. The number of thiophene rings is 1. The maximum atomic E-state index is 12.8. The highest BCUT2D eigenvalue weighted by molar-refractivity contribution is 7.21. The molecule has 0 bridgehead atoms. The van der Waals surface area contributed by atoms with Crippen molar-refractivity contribution in [3.05, 3.63) is 57.5 Å². The van der Waals surface area contributed by atoms with Gasteiger partial charge in [0.05, 0.1) is 36.4 Å². The molecular formula is C20H16N4O5S. The van der Waals surface area contributed by atoms with Crippen molar-refractivity contribution in [1.29, 1.82) is 0 Å². The SMILES string of the molecule is COc1ccc(NC(=O)c2sc3nc4ccc(OC)cc4cc3c2N)c([N+](=O)[O-])c1. The zero-order chi connectivity index (χ0) is 21.4. The predicted molar refractivity (Wildman–Crippen MR) is 116 cm³/mol. The first kappa shape index (κ1) is 19.4. The molecule has 0 aliphatic rings. The Labute approximate surface area is 174 Å². The van der Waals surface area contributed by atoms with Gasteiger partial charge in [0.25, 0.3) is 11.6 Å². The van der Waals surface area contributed by atoms with Gasteiger partial charge in [0.15, 0.2) is 0 Å². The number of nitro groups is 1. The first-order valence-corrected chi connectivity index (χ1v) is 9.53. The molecule has 4 aromatic rings. The number of nitrogens with zero attached hydrogens (tertiary/aromatic N) is 2. The topological polar surface area (TPSA) is 130 Å². The summed E-state index contributed by atoms with van der Waals surface area (Å²) in [5.41, 5.74) is 6.99. The van der Waals surface area contributed by atoms with Gasteiger partial charge in [0.2, 0.25) is 0 Å². The van der Waals surface area contributed by atoms with Gasteiger partial charge in [-0.15, -0.1) is 11.3 Å². The number of pyridine rings is 1. The third kappa shape index (κ3) is 3.33. The average Bonchev–Trinajstić information content (AvgIpc) is 3.07. The largest absolute Gasteiger partial charge is 0.497 e. The first-order chi connectivity index (χ1) is 14.4. The van der Waals surface area contributed by atoms with Gasteiger partial charge in [-0.2, -0.15) is 0 Å². The van der Waals surface area contributed by atoms with E-state index in [1.165, 1.54) is 25.3 Å². The molecule has 2 aromatic carbocycles. The summed E-state index contributed by atoms with van der Waals surface area (Å²) < 4.78 is 10.2. The van der Waals surface area contributed by atoms with Crippen LogP contribution in [-0.2, 0) is 0 Å². The monoisotopic (exact) mass is 424 g/mol. The van der Waals surface area contributed by atoms with E-state index >= 15 is 0 Å². The Balaban J connectivity index is 1.74. The lowest BCUT2D eigenvalue weighted by atomic mass is 10.1. The van der Waals surface area contributed by atoms with E-state index in [1.807, 2.05) is 18.2 Å². The standard InChI is InChI=1S/C20H16N4O5S/c1-28-11-3-5-14-10(7-11)8-13-17(21)18(30-20(13)23-14)19(25)22-15-6-4-12(29-2)9-16(15)24(26)27/h3-9H,21H2,1-2H3,(H,22,25). The highest BCUT2D eigenvalue weighted by atomic mass is 32.1. The summed E-state index contributed by atoms with van der Waals surface area (Å²) in [6.45, 7) is 0. The quantitative estimate of drug-likeness (QED) is 0.362. The molecule has 152 valence electrons. The van der Waals surface area contributed by atoms with Crippen molar-refractivity contribution in [2.45, 2.75) is 0 Å². The fraction of sp³-hybridized carbons (Fsp3) is 0.100. The Morgan fingerprint density at radius 1 is 1.13 bits per heavy atom. The summed E-state index contributed by atoms with van der Waals surface area (Å²) in [5.74, 6) is 0.444. The number of nitrogen functional groups attached to an aromatic ring is 1. The molecule has 30 heavy (non-hydrogen) atoms. The van der Waals surface area contributed by atoms with Crippen LogP contribution in [0.1, 0.15) is 9.67 Å². The third-order valence-electron chi connectivity index (χ3n) is 4.58. The number of nitro benzene ring substituents is 1. The molecule has 0 aliphatic heterocycles. The van der Waals surface area contributed by atoms with Crippen molar-refractivity contribution in [1.82, 2.24) is 4.98 Å². The highest BCUT2D eigenvalue weighted by Crippen LogP contribution is 2.36. The summed E-state index contributed by atoms with van der Waals surface area (Å²) in [6.07, 6.45) is 0. The summed E-state index contributed by atoms with van der Waals surface area (Å²) in [7, 11) is 2.98. The molecular weight excluding hydrogens is 408 g/mol. The van der Waals surface area contributed by atoms with Crippen molar-refractivity contribution in [3.8, 4) is 11.5 Å². The normalized spacial score (nSPS) is 10.9. The Bertz CT molecular complexity index is 1320. The van der Waals surface area contributed by atoms with E-state index in [0.717, 1.165) is 22.2 Å². The highest BCUT2D eigenvalue weighted by Gasteiger charge is 2.22. The smallest absolute Gasteiger partial charge is 0.296 e. The minimum Gasteiger partial charge on any atom is -0.497 e. The average molecular weight is 424 g/mol. The van der Waals surface area contributed by atoms with Crippen LogP contribution in [0.3, 0.4) is 0 Å². The Morgan fingerprint density at radius 3 is 2.53 bits per heavy atom. The molecule has 0 spiro atoms. The number of fused-ring (bicyclic) bond motifs is 2. The van der Waals surface area contributed by atoms with Crippen LogP contribution in [0, 0.1) is 10.1 Å². The number of ether oxygens (including phenoxy) is 2. The van der Waals surface area contributed by atoms with E-state index in [4.69, 9.17) is 15.2 Å². The number of carbonyl (C=O) groups is 1. The van der Waals surface area contributed by atoms with Crippen molar-refractivity contribution in [2.24, 2.45) is 0 Å². The molecule has 0 radical (unpaired) electrons. The number of carbonyl (C=O) groups excluding carboxylic acids is 1. The van der Waals surface area contributed by atoms with Crippen molar-refractivity contribution < 1.29 is 19.2 Å². The molecule has 4 rings (SSSR count). The molecule has 0 saturated carbocycles. The van der Waals surface area contributed by atoms with Gasteiger partial charge in [-0.25, -0.2) is 4.98 Å². The molecule has 0 fully saturated rings. The van der Waals surface area contributed by atoms with Crippen molar-refractivity contribution >= 4 is 55.4 Å². The Morgan fingerprint density at radius 2 is 1.83 bits per heavy atom. The van der Waals surface area contributed by atoms with Crippen LogP contribution in [0.5, 0.6) is 11.5 Å². The zero-order valence-corrected chi connectivity index (χ0v) is 16.8. The number of anilines is 2. The molecule has 0 atom stereocenters. The van der Waals surface area contributed by atoms with Gasteiger partial charge in [-0.3, -0.25) is 14.9 Å². The third-order valence-corrected chi connectivity index (χ3v) is 5.69.